The average molecular weight is 375 g/mol. The number of unbranched alkanes of at least 4 members (excludes halogenated alkanes) is 2. The quantitative estimate of drug-likeness (QED) is 0.607. The molecule has 0 unspecified atom stereocenters. The predicted molar refractivity (Wildman–Crippen MR) is 82.6 cm³/mol. The van der Waals surface area contributed by atoms with Crippen LogP contribution in [0.3, 0.4) is 0 Å². The van der Waals surface area contributed by atoms with Crippen LogP contribution in [0.5, 0.6) is 0 Å². The van der Waals surface area contributed by atoms with E-state index in [-0.39, 0.29) is 0 Å². The van der Waals surface area contributed by atoms with E-state index in [1.807, 2.05) is 0 Å². The summed E-state index contributed by atoms with van der Waals surface area (Å²) in [6.07, 6.45) is 12.1. The molecule has 1 heterocycles. The van der Waals surface area contributed by atoms with Crippen LogP contribution in [-0.2, 0) is 6.15 Å². The topological polar surface area (TPSA) is 18.5 Å². The van der Waals surface area contributed by atoms with Crippen molar-refractivity contribution in [3.8, 4) is 0 Å². The van der Waals surface area contributed by atoms with Crippen LogP contribution in [0.2, 0.25) is 8.87 Å². The van der Waals surface area contributed by atoms with E-state index in [2.05, 4.69) is 13.8 Å². The molecule has 0 amide bonds. The fraction of sp³-hybridized carbons (Fsp3) is 1.00. The maximum atomic E-state index is 6.55. The van der Waals surface area contributed by atoms with Gasteiger partial charge in [0.2, 0.25) is 0 Å². The Kier molecular flexibility index (Phi) is 6.48. The third kappa shape index (κ3) is 4.34. The number of hydrogen-bond acceptors (Lipinski definition) is 2. The molecule has 19 heavy (non-hydrogen) atoms. The van der Waals surface area contributed by atoms with Crippen LogP contribution < -0.4 is 0 Å². The molecule has 2 fully saturated rings. The van der Waals surface area contributed by atoms with Crippen molar-refractivity contribution < 1.29 is 6.15 Å². The second-order valence-electron chi connectivity index (χ2n) is 6.76. The Labute approximate surface area is 124 Å². The van der Waals surface area contributed by atoms with Gasteiger partial charge in [-0.3, -0.25) is 0 Å². The Morgan fingerprint density at radius 2 is 1.37 bits per heavy atom. The zero-order chi connectivity index (χ0) is 13.6. The van der Waals surface area contributed by atoms with Crippen LogP contribution in [0.25, 0.3) is 0 Å². The second-order valence-corrected chi connectivity index (χ2v) is 16.5. The van der Waals surface area contributed by atoms with E-state index >= 15 is 0 Å². The molecule has 1 saturated heterocycles. The summed E-state index contributed by atoms with van der Waals surface area (Å²) in [4.78, 5) is 0. The monoisotopic (exact) mass is 376 g/mol. The Balaban J connectivity index is 1.91. The number of hydrogen-bond donors (Lipinski definition) is 0. The first kappa shape index (κ1) is 16.1. The summed E-state index contributed by atoms with van der Waals surface area (Å²) in [5.74, 6) is 0. The van der Waals surface area contributed by atoms with Crippen LogP contribution in [0.15, 0.2) is 0 Å². The summed E-state index contributed by atoms with van der Waals surface area (Å²) in [6, 6.07) is 0. The molecule has 2 nitrogen and oxygen atoms in total. The number of rotatable bonds is 6. The second kappa shape index (κ2) is 7.65. The molecule has 1 saturated carbocycles. The van der Waals surface area contributed by atoms with Gasteiger partial charge in [0.05, 0.1) is 0 Å². The fourth-order valence-corrected chi connectivity index (χ4v) is 14.5. The summed E-state index contributed by atoms with van der Waals surface area (Å²) in [7, 11) is 0. The SMILES string of the molecule is CCC[CH2][Sn]1([CH2]CCC)[O]CC2(CCCCC2)C[O]1. The summed E-state index contributed by atoms with van der Waals surface area (Å²) >= 11 is -2.65. The standard InChI is InChI=1S/C8H14O2.2C4H9.Sn/c9-6-8(7-10)4-2-1-3-5-8;2*1-3-4-2;/h1-7H2;2*1,3-4H2,2H3;/q-2;;;+2. The van der Waals surface area contributed by atoms with Crippen LogP contribution in [0.1, 0.15) is 71.6 Å². The van der Waals surface area contributed by atoms with Gasteiger partial charge >= 0.3 is 124 Å². The minimum atomic E-state index is -2.65. The minimum absolute atomic E-state index is 0.414. The van der Waals surface area contributed by atoms with Crippen molar-refractivity contribution in [2.24, 2.45) is 5.41 Å². The van der Waals surface area contributed by atoms with Crippen LogP contribution >= 0.6 is 0 Å². The Bertz CT molecular complexity index is 241. The first-order valence-electron chi connectivity index (χ1n) is 8.52. The maximum absolute atomic E-state index is 6.55. The summed E-state index contributed by atoms with van der Waals surface area (Å²) in [5.41, 5.74) is 0.414. The van der Waals surface area contributed by atoms with Gasteiger partial charge in [-0.25, -0.2) is 0 Å². The molecule has 0 radical (unpaired) electrons. The Morgan fingerprint density at radius 1 is 0.842 bits per heavy atom. The predicted octanol–water partition coefficient (Wildman–Crippen LogP) is 5.03. The molecule has 112 valence electrons. The van der Waals surface area contributed by atoms with Crippen molar-refractivity contribution in [2.45, 2.75) is 80.5 Å². The molecule has 2 rings (SSSR count). The van der Waals surface area contributed by atoms with Crippen molar-refractivity contribution in [1.82, 2.24) is 0 Å². The zero-order valence-corrected chi connectivity index (χ0v) is 15.9. The molecule has 3 heteroatoms. The molecular formula is C16H32O2Sn. The molecule has 0 bridgehead atoms. The van der Waals surface area contributed by atoms with Crippen LogP contribution in [0, 0.1) is 5.41 Å². The molecule has 0 atom stereocenters. The summed E-state index contributed by atoms with van der Waals surface area (Å²) in [5, 5.41) is 0. The van der Waals surface area contributed by atoms with Gasteiger partial charge in [0.15, 0.2) is 0 Å². The van der Waals surface area contributed by atoms with E-state index in [1.165, 1.54) is 66.7 Å². The van der Waals surface area contributed by atoms with Crippen molar-refractivity contribution in [1.29, 1.82) is 0 Å². The van der Waals surface area contributed by atoms with Gasteiger partial charge in [-0.05, 0) is 0 Å². The van der Waals surface area contributed by atoms with Gasteiger partial charge in [0, 0.05) is 0 Å². The van der Waals surface area contributed by atoms with Crippen molar-refractivity contribution in [2.75, 3.05) is 13.2 Å². The van der Waals surface area contributed by atoms with Gasteiger partial charge in [0.25, 0.3) is 0 Å². The van der Waals surface area contributed by atoms with Gasteiger partial charge in [-0.1, -0.05) is 0 Å². The summed E-state index contributed by atoms with van der Waals surface area (Å²) in [6.45, 7) is 6.64. The van der Waals surface area contributed by atoms with Gasteiger partial charge in [-0.15, -0.1) is 0 Å². The van der Waals surface area contributed by atoms with Crippen molar-refractivity contribution >= 4 is 19.2 Å². The molecule has 0 aromatic carbocycles. The van der Waals surface area contributed by atoms with Crippen molar-refractivity contribution in [3.63, 3.8) is 0 Å². The molecular weight excluding hydrogens is 343 g/mol. The zero-order valence-electron chi connectivity index (χ0n) is 13.0. The van der Waals surface area contributed by atoms with Gasteiger partial charge < -0.3 is 0 Å². The average Bonchev–Trinajstić information content (AvgIpc) is 2.47. The van der Waals surface area contributed by atoms with E-state index in [0.29, 0.717) is 5.41 Å². The van der Waals surface area contributed by atoms with Crippen LogP contribution in [-0.4, -0.2) is 32.4 Å². The van der Waals surface area contributed by atoms with E-state index in [1.54, 1.807) is 0 Å². The van der Waals surface area contributed by atoms with Gasteiger partial charge in [0.1, 0.15) is 0 Å². The van der Waals surface area contributed by atoms with E-state index in [0.717, 1.165) is 13.2 Å². The normalized spacial score (nSPS) is 25.6. The summed E-state index contributed by atoms with van der Waals surface area (Å²) < 4.78 is 15.7. The molecule has 1 spiro atoms. The fourth-order valence-electron chi connectivity index (χ4n) is 3.55. The van der Waals surface area contributed by atoms with E-state index in [9.17, 15) is 0 Å². The van der Waals surface area contributed by atoms with E-state index in [4.69, 9.17) is 6.15 Å². The first-order valence-corrected chi connectivity index (χ1v) is 14.9. The molecule has 0 aromatic rings. The molecule has 1 aliphatic heterocycles. The third-order valence-corrected chi connectivity index (χ3v) is 15.2. The molecule has 1 aliphatic carbocycles. The molecule has 0 aromatic heterocycles. The van der Waals surface area contributed by atoms with E-state index < -0.39 is 19.2 Å². The Hall–Kier alpha value is 0.719. The first-order chi connectivity index (χ1) is 9.24. The molecule has 0 N–H and O–H groups in total. The Morgan fingerprint density at radius 3 is 1.84 bits per heavy atom. The van der Waals surface area contributed by atoms with Gasteiger partial charge in [-0.2, -0.15) is 0 Å². The van der Waals surface area contributed by atoms with Crippen LogP contribution in [0.4, 0.5) is 0 Å². The molecule has 2 aliphatic rings. The third-order valence-electron chi connectivity index (χ3n) is 5.02. The van der Waals surface area contributed by atoms with Crippen molar-refractivity contribution in [3.05, 3.63) is 0 Å².